The van der Waals surface area contributed by atoms with Crippen LogP contribution in [-0.2, 0) is 14.8 Å². The summed E-state index contributed by atoms with van der Waals surface area (Å²) < 4.78 is 25.3. The van der Waals surface area contributed by atoms with Gasteiger partial charge in [-0.1, -0.05) is 34.8 Å². The molecule has 158 valence electrons. The molecule has 1 saturated heterocycles. The molecule has 1 fully saturated rings. The summed E-state index contributed by atoms with van der Waals surface area (Å²) in [6.45, 7) is 5.09. The number of piperazine rings is 1. The highest BCUT2D eigenvalue weighted by Crippen LogP contribution is 2.35. The van der Waals surface area contributed by atoms with Gasteiger partial charge in [-0.25, -0.2) is 8.42 Å². The molecule has 1 heterocycles. The van der Waals surface area contributed by atoms with Crippen molar-refractivity contribution in [3.05, 3.63) is 27.2 Å². The molecule has 0 bridgehead atoms. The quantitative estimate of drug-likeness (QED) is 0.465. The van der Waals surface area contributed by atoms with Gasteiger partial charge in [-0.05, 0) is 32.1 Å². The number of likely N-dealkylation sites (N-methyl/N-ethyl adjacent to an activating group) is 1. The van der Waals surface area contributed by atoms with Gasteiger partial charge in [-0.2, -0.15) is 0 Å². The Hall–Kier alpha value is -0.770. The molecule has 1 aliphatic rings. The first-order valence-corrected chi connectivity index (χ1v) is 11.9. The van der Waals surface area contributed by atoms with Crippen molar-refractivity contribution in [1.82, 2.24) is 15.1 Å². The number of benzene rings is 1. The standard InChI is InChI=1S/C17H25Cl3N4O3S/c1-22-6-8-23(9-7-22)5-3-4-21-17(25)12-24(28(2,26)27)16-11-14(19)13(18)10-15(16)20/h10-11H,3-9,12H2,1-2H3,(H,21,25). The van der Waals surface area contributed by atoms with E-state index in [-0.39, 0.29) is 27.3 Å². The van der Waals surface area contributed by atoms with Gasteiger partial charge in [-0.15, -0.1) is 0 Å². The van der Waals surface area contributed by atoms with Crippen LogP contribution in [-0.4, -0.2) is 83.2 Å². The predicted molar refractivity (Wildman–Crippen MR) is 115 cm³/mol. The number of carbonyl (C=O) groups excluding carboxylic acids is 1. The number of sulfonamides is 1. The van der Waals surface area contributed by atoms with Gasteiger partial charge in [0, 0.05) is 32.7 Å². The van der Waals surface area contributed by atoms with E-state index in [1.807, 2.05) is 0 Å². The topological polar surface area (TPSA) is 73.0 Å². The zero-order valence-electron chi connectivity index (χ0n) is 15.9. The van der Waals surface area contributed by atoms with Crippen LogP contribution in [0, 0.1) is 0 Å². The van der Waals surface area contributed by atoms with Crippen LogP contribution in [0.25, 0.3) is 0 Å². The summed E-state index contributed by atoms with van der Waals surface area (Å²) in [7, 11) is -1.64. The van der Waals surface area contributed by atoms with Gasteiger partial charge < -0.3 is 15.1 Å². The minimum atomic E-state index is -3.74. The van der Waals surface area contributed by atoms with E-state index in [4.69, 9.17) is 34.8 Å². The molecule has 1 amide bonds. The number of rotatable bonds is 8. The number of amides is 1. The fourth-order valence-electron chi connectivity index (χ4n) is 2.87. The molecule has 7 nitrogen and oxygen atoms in total. The maximum absolute atomic E-state index is 12.3. The van der Waals surface area contributed by atoms with Gasteiger partial charge in [0.25, 0.3) is 0 Å². The third kappa shape index (κ3) is 6.93. The van der Waals surface area contributed by atoms with Gasteiger partial charge in [0.1, 0.15) is 6.54 Å². The van der Waals surface area contributed by atoms with Gasteiger partial charge in [0.15, 0.2) is 0 Å². The van der Waals surface area contributed by atoms with E-state index >= 15 is 0 Å². The average Bonchev–Trinajstić information content (AvgIpc) is 2.61. The van der Waals surface area contributed by atoms with E-state index in [2.05, 4.69) is 22.2 Å². The van der Waals surface area contributed by atoms with Crippen LogP contribution < -0.4 is 9.62 Å². The second-order valence-corrected chi connectivity index (χ2v) is 9.96. The maximum atomic E-state index is 12.3. The fourth-order valence-corrected chi connectivity index (χ4v) is 4.43. The van der Waals surface area contributed by atoms with Gasteiger partial charge in [0.05, 0.1) is 27.0 Å². The minimum absolute atomic E-state index is 0.0997. The lowest BCUT2D eigenvalue weighted by Gasteiger charge is -2.32. The van der Waals surface area contributed by atoms with Gasteiger partial charge in [0.2, 0.25) is 15.9 Å². The Morgan fingerprint density at radius 1 is 1.11 bits per heavy atom. The molecular formula is C17H25Cl3N4O3S. The molecule has 0 saturated carbocycles. The first-order valence-electron chi connectivity index (χ1n) is 8.88. The van der Waals surface area contributed by atoms with Crippen LogP contribution >= 0.6 is 34.8 Å². The summed E-state index contributed by atoms with van der Waals surface area (Å²) in [5.74, 6) is -0.411. The van der Waals surface area contributed by atoms with Crippen molar-refractivity contribution < 1.29 is 13.2 Å². The lowest BCUT2D eigenvalue weighted by atomic mass is 10.3. The Labute approximate surface area is 181 Å². The van der Waals surface area contributed by atoms with Crippen molar-refractivity contribution in [1.29, 1.82) is 0 Å². The molecule has 2 rings (SSSR count). The van der Waals surface area contributed by atoms with Crippen LogP contribution in [0.3, 0.4) is 0 Å². The minimum Gasteiger partial charge on any atom is -0.354 e. The second-order valence-electron chi connectivity index (χ2n) is 6.84. The van der Waals surface area contributed by atoms with Crippen molar-refractivity contribution in [3.8, 4) is 0 Å². The molecule has 0 atom stereocenters. The molecule has 1 aliphatic heterocycles. The lowest BCUT2D eigenvalue weighted by Crippen LogP contribution is -2.45. The van der Waals surface area contributed by atoms with Crippen LogP contribution in [0.15, 0.2) is 12.1 Å². The van der Waals surface area contributed by atoms with Crippen LogP contribution in [0.4, 0.5) is 5.69 Å². The third-order valence-corrected chi connectivity index (χ3v) is 6.67. The highest BCUT2D eigenvalue weighted by atomic mass is 35.5. The van der Waals surface area contributed by atoms with Gasteiger partial charge >= 0.3 is 0 Å². The first-order chi connectivity index (χ1) is 13.1. The number of nitrogens with one attached hydrogen (secondary N) is 1. The van der Waals surface area contributed by atoms with E-state index in [0.29, 0.717) is 6.54 Å². The van der Waals surface area contributed by atoms with E-state index in [1.54, 1.807) is 0 Å². The Morgan fingerprint density at radius 2 is 1.71 bits per heavy atom. The summed E-state index contributed by atoms with van der Waals surface area (Å²) in [4.78, 5) is 16.9. The molecule has 28 heavy (non-hydrogen) atoms. The molecule has 1 N–H and O–H groups in total. The first kappa shape index (κ1) is 23.5. The van der Waals surface area contributed by atoms with Crippen molar-refractivity contribution in [2.75, 3.05) is 63.4 Å². The third-order valence-electron chi connectivity index (χ3n) is 4.52. The van der Waals surface area contributed by atoms with E-state index in [9.17, 15) is 13.2 Å². The van der Waals surface area contributed by atoms with Crippen molar-refractivity contribution in [2.45, 2.75) is 6.42 Å². The second kappa shape index (κ2) is 10.3. The number of carbonyl (C=O) groups is 1. The Bertz CT molecular complexity index is 799. The zero-order valence-corrected chi connectivity index (χ0v) is 19.0. The molecule has 11 heteroatoms. The largest absolute Gasteiger partial charge is 0.354 e. The normalized spacial score (nSPS) is 16.2. The lowest BCUT2D eigenvalue weighted by molar-refractivity contribution is -0.119. The molecule has 0 radical (unpaired) electrons. The zero-order chi connectivity index (χ0) is 20.9. The number of hydrogen-bond acceptors (Lipinski definition) is 5. The van der Waals surface area contributed by atoms with Crippen LogP contribution in [0.2, 0.25) is 15.1 Å². The predicted octanol–water partition coefficient (Wildman–Crippen LogP) is 2.17. The maximum Gasteiger partial charge on any atom is 0.240 e. The summed E-state index contributed by atoms with van der Waals surface area (Å²) in [5.41, 5.74) is 0.117. The molecule has 1 aromatic carbocycles. The average molecular weight is 472 g/mol. The smallest absolute Gasteiger partial charge is 0.240 e. The fraction of sp³-hybridized carbons (Fsp3) is 0.588. The number of nitrogens with zero attached hydrogens (tertiary/aromatic N) is 3. The summed E-state index contributed by atoms with van der Waals surface area (Å²) in [5, 5.41) is 3.22. The number of anilines is 1. The van der Waals surface area contributed by atoms with Crippen LogP contribution in [0.5, 0.6) is 0 Å². The van der Waals surface area contributed by atoms with Crippen LogP contribution in [0.1, 0.15) is 6.42 Å². The van der Waals surface area contributed by atoms with Gasteiger partial charge in [-0.3, -0.25) is 9.10 Å². The highest BCUT2D eigenvalue weighted by molar-refractivity contribution is 7.92. The molecule has 0 spiro atoms. The highest BCUT2D eigenvalue weighted by Gasteiger charge is 2.24. The number of hydrogen-bond donors (Lipinski definition) is 1. The molecule has 0 unspecified atom stereocenters. The molecular weight excluding hydrogens is 447 g/mol. The Morgan fingerprint density at radius 3 is 2.32 bits per heavy atom. The summed E-state index contributed by atoms with van der Waals surface area (Å²) in [6, 6.07) is 2.70. The summed E-state index contributed by atoms with van der Waals surface area (Å²) >= 11 is 18.0. The molecule has 0 aromatic heterocycles. The SMILES string of the molecule is CN1CCN(CCCNC(=O)CN(c2cc(Cl)c(Cl)cc2Cl)S(C)(=O)=O)CC1. The van der Waals surface area contributed by atoms with E-state index < -0.39 is 15.9 Å². The number of halogens is 3. The Kier molecular flexibility index (Phi) is 8.66. The summed E-state index contributed by atoms with van der Waals surface area (Å²) in [6.07, 6.45) is 1.80. The molecule has 1 aromatic rings. The van der Waals surface area contributed by atoms with E-state index in [1.165, 1.54) is 12.1 Å². The van der Waals surface area contributed by atoms with Crippen molar-refractivity contribution in [3.63, 3.8) is 0 Å². The monoisotopic (exact) mass is 470 g/mol. The Balaban J connectivity index is 1.91. The van der Waals surface area contributed by atoms with E-state index in [0.717, 1.165) is 49.7 Å². The van der Waals surface area contributed by atoms with Crippen molar-refractivity contribution in [2.24, 2.45) is 0 Å². The van der Waals surface area contributed by atoms with Crippen molar-refractivity contribution >= 4 is 56.4 Å². The molecule has 0 aliphatic carbocycles.